The van der Waals surface area contributed by atoms with E-state index in [1.54, 1.807) is 19.9 Å². The van der Waals surface area contributed by atoms with Crippen molar-refractivity contribution in [3.63, 3.8) is 0 Å². The SMILES string of the molecule is Cc1cc(NC(=O)[C@H]2NCCO[C@@H]2C)ccc1OCC(F)(F)F. The minimum absolute atomic E-state index is 0.132. The molecule has 1 aromatic rings. The number of morpholine rings is 1. The highest BCUT2D eigenvalue weighted by Gasteiger charge is 2.29. The standard InChI is InChI=1S/C15H19F3N2O3/c1-9-7-11(3-4-12(9)23-8-15(16,17)18)20-14(21)13-10(2)22-6-5-19-13/h3-4,7,10,13,19H,5-6,8H2,1-2H3,(H,20,21)/t10-,13+/m1/s1. The molecule has 0 aromatic heterocycles. The molecule has 128 valence electrons. The van der Waals surface area contributed by atoms with Crippen LogP contribution in [-0.4, -0.2) is 44.0 Å². The maximum absolute atomic E-state index is 12.2. The molecule has 0 spiro atoms. The molecule has 1 amide bonds. The molecular formula is C15H19F3N2O3. The summed E-state index contributed by atoms with van der Waals surface area (Å²) in [5.41, 5.74) is 0.999. The molecular weight excluding hydrogens is 313 g/mol. The van der Waals surface area contributed by atoms with E-state index in [1.807, 2.05) is 0 Å². The second kappa shape index (κ2) is 7.18. The Kier molecular flexibility index (Phi) is 5.48. The lowest BCUT2D eigenvalue weighted by molar-refractivity contribution is -0.153. The van der Waals surface area contributed by atoms with E-state index >= 15 is 0 Å². The minimum Gasteiger partial charge on any atom is -0.484 e. The zero-order valence-corrected chi connectivity index (χ0v) is 12.9. The van der Waals surface area contributed by atoms with E-state index in [9.17, 15) is 18.0 Å². The van der Waals surface area contributed by atoms with Crippen LogP contribution in [0.4, 0.5) is 18.9 Å². The highest BCUT2D eigenvalue weighted by atomic mass is 19.4. The number of anilines is 1. The van der Waals surface area contributed by atoms with Crippen molar-refractivity contribution in [2.24, 2.45) is 0 Å². The molecule has 0 saturated carbocycles. The molecule has 0 aliphatic carbocycles. The Morgan fingerprint density at radius 3 is 2.83 bits per heavy atom. The summed E-state index contributed by atoms with van der Waals surface area (Å²) >= 11 is 0. The molecule has 5 nitrogen and oxygen atoms in total. The molecule has 23 heavy (non-hydrogen) atoms. The van der Waals surface area contributed by atoms with Crippen LogP contribution >= 0.6 is 0 Å². The molecule has 8 heteroatoms. The number of benzene rings is 1. The highest BCUT2D eigenvalue weighted by molar-refractivity contribution is 5.95. The number of amides is 1. The number of carbonyl (C=O) groups is 1. The van der Waals surface area contributed by atoms with Crippen LogP contribution in [0.3, 0.4) is 0 Å². The number of rotatable bonds is 4. The first kappa shape index (κ1) is 17.6. The van der Waals surface area contributed by atoms with Gasteiger partial charge in [0.05, 0.1) is 12.7 Å². The van der Waals surface area contributed by atoms with Crippen LogP contribution in [0, 0.1) is 6.92 Å². The van der Waals surface area contributed by atoms with Crippen molar-refractivity contribution in [3.8, 4) is 5.75 Å². The number of hydrogen-bond acceptors (Lipinski definition) is 4. The largest absolute Gasteiger partial charge is 0.484 e. The van der Waals surface area contributed by atoms with Crippen molar-refractivity contribution < 1.29 is 27.4 Å². The van der Waals surface area contributed by atoms with E-state index in [0.29, 0.717) is 24.4 Å². The van der Waals surface area contributed by atoms with E-state index in [4.69, 9.17) is 9.47 Å². The van der Waals surface area contributed by atoms with E-state index in [-0.39, 0.29) is 17.8 Å². The van der Waals surface area contributed by atoms with Crippen molar-refractivity contribution in [2.75, 3.05) is 25.1 Å². The third-order valence-electron chi connectivity index (χ3n) is 3.43. The van der Waals surface area contributed by atoms with Crippen molar-refractivity contribution >= 4 is 11.6 Å². The average molecular weight is 332 g/mol. The van der Waals surface area contributed by atoms with E-state index < -0.39 is 18.8 Å². The Morgan fingerprint density at radius 2 is 2.22 bits per heavy atom. The van der Waals surface area contributed by atoms with Crippen molar-refractivity contribution in [1.29, 1.82) is 0 Å². The topological polar surface area (TPSA) is 59.6 Å². The quantitative estimate of drug-likeness (QED) is 0.888. The number of carbonyl (C=O) groups excluding carboxylic acids is 1. The molecule has 0 unspecified atom stereocenters. The Labute approximate surface area is 132 Å². The zero-order chi connectivity index (χ0) is 17.0. The van der Waals surface area contributed by atoms with Crippen LogP contribution < -0.4 is 15.4 Å². The molecule has 2 rings (SSSR count). The van der Waals surface area contributed by atoms with Crippen molar-refractivity contribution in [3.05, 3.63) is 23.8 Å². The molecule has 1 fully saturated rings. The van der Waals surface area contributed by atoms with Crippen molar-refractivity contribution in [1.82, 2.24) is 5.32 Å². The van der Waals surface area contributed by atoms with E-state index in [1.165, 1.54) is 12.1 Å². The molecule has 2 N–H and O–H groups in total. The van der Waals surface area contributed by atoms with Gasteiger partial charge in [0.25, 0.3) is 0 Å². The van der Waals surface area contributed by atoms with Crippen LogP contribution in [0.5, 0.6) is 5.75 Å². The third-order valence-corrected chi connectivity index (χ3v) is 3.43. The summed E-state index contributed by atoms with van der Waals surface area (Å²) in [6.45, 7) is 3.21. The molecule has 2 atom stereocenters. The summed E-state index contributed by atoms with van der Waals surface area (Å²) in [4.78, 5) is 12.2. The van der Waals surface area contributed by atoms with Gasteiger partial charge in [-0.15, -0.1) is 0 Å². The van der Waals surface area contributed by atoms with Gasteiger partial charge in [0.1, 0.15) is 11.8 Å². The Balaban J connectivity index is 1.98. The fraction of sp³-hybridized carbons (Fsp3) is 0.533. The second-order valence-corrected chi connectivity index (χ2v) is 5.38. The lowest BCUT2D eigenvalue weighted by atomic mass is 10.1. The van der Waals surface area contributed by atoms with Gasteiger partial charge in [-0.3, -0.25) is 4.79 Å². The smallest absolute Gasteiger partial charge is 0.422 e. The number of halogens is 3. The van der Waals surface area contributed by atoms with Gasteiger partial charge in [0, 0.05) is 12.2 Å². The van der Waals surface area contributed by atoms with E-state index in [2.05, 4.69) is 10.6 Å². The first-order valence-electron chi connectivity index (χ1n) is 7.22. The first-order chi connectivity index (χ1) is 10.8. The van der Waals surface area contributed by atoms with Gasteiger partial charge in [-0.1, -0.05) is 0 Å². The maximum Gasteiger partial charge on any atom is 0.422 e. The Hall–Kier alpha value is -1.80. The third kappa shape index (κ3) is 5.11. The molecule has 1 heterocycles. The molecule has 1 saturated heterocycles. The van der Waals surface area contributed by atoms with Gasteiger partial charge in [-0.25, -0.2) is 0 Å². The molecule has 1 aromatic carbocycles. The number of nitrogens with one attached hydrogen (secondary N) is 2. The van der Waals surface area contributed by atoms with Gasteiger partial charge < -0.3 is 20.1 Å². The molecule has 1 aliphatic rings. The lowest BCUT2D eigenvalue weighted by Crippen LogP contribution is -2.53. The minimum atomic E-state index is -4.39. The van der Waals surface area contributed by atoms with Crippen LogP contribution in [0.1, 0.15) is 12.5 Å². The van der Waals surface area contributed by atoms with Gasteiger partial charge in [0.15, 0.2) is 6.61 Å². The summed E-state index contributed by atoms with van der Waals surface area (Å²) < 4.78 is 46.6. The van der Waals surface area contributed by atoms with Crippen LogP contribution in [0.15, 0.2) is 18.2 Å². The molecule has 0 bridgehead atoms. The second-order valence-electron chi connectivity index (χ2n) is 5.38. The number of ether oxygens (including phenoxy) is 2. The predicted molar refractivity (Wildman–Crippen MR) is 78.6 cm³/mol. The first-order valence-corrected chi connectivity index (χ1v) is 7.22. The molecule has 0 radical (unpaired) electrons. The van der Waals surface area contributed by atoms with Gasteiger partial charge in [0.2, 0.25) is 5.91 Å². The maximum atomic E-state index is 12.2. The van der Waals surface area contributed by atoms with E-state index in [0.717, 1.165) is 0 Å². The average Bonchev–Trinajstić information content (AvgIpc) is 2.45. The molecule has 1 aliphatic heterocycles. The van der Waals surface area contributed by atoms with Gasteiger partial charge in [-0.2, -0.15) is 13.2 Å². The van der Waals surface area contributed by atoms with Crippen LogP contribution in [0.25, 0.3) is 0 Å². The van der Waals surface area contributed by atoms with Gasteiger partial charge in [-0.05, 0) is 37.6 Å². The number of alkyl halides is 3. The number of hydrogen-bond donors (Lipinski definition) is 2. The summed E-state index contributed by atoms with van der Waals surface area (Å²) in [6.07, 6.45) is -4.64. The van der Waals surface area contributed by atoms with Crippen LogP contribution in [0.2, 0.25) is 0 Å². The monoisotopic (exact) mass is 332 g/mol. The lowest BCUT2D eigenvalue weighted by Gasteiger charge is -2.29. The van der Waals surface area contributed by atoms with Crippen molar-refractivity contribution in [2.45, 2.75) is 32.2 Å². The number of aryl methyl sites for hydroxylation is 1. The highest BCUT2D eigenvalue weighted by Crippen LogP contribution is 2.24. The summed E-state index contributed by atoms with van der Waals surface area (Å²) in [6, 6.07) is 4.01. The fourth-order valence-electron chi connectivity index (χ4n) is 2.30. The summed E-state index contributed by atoms with van der Waals surface area (Å²) in [7, 11) is 0. The zero-order valence-electron chi connectivity index (χ0n) is 12.9. The Bertz CT molecular complexity index is 563. The Morgan fingerprint density at radius 1 is 1.48 bits per heavy atom. The van der Waals surface area contributed by atoms with Gasteiger partial charge >= 0.3 is 6.18 Å². The summed E-state index contributed by atoms with van der Waals surface area (Å²) in [5.74, 6) is -0.117. The fourth-order valence-corrected chi connectivity index (χ4v) is 2.30. The predicted octanol–water partition coefficient (Wildman–Crippen LogP) is 2.25. The summed E-state index contributed by atoms with van der Waals surface area (Å²) in [5, 5.41) is 5.79. The van der Waals surface area contributed by atoms with Crippen LogP contribution in [-0.2, 0) is 9.53 Å². The normalized spacial score (nSPS) is 21.8.